The van der Waals surface area contributed by atoms with Crippen molar-refractivity contribution < 1.29 is 24.2 Å². The van der Waals surface area contributed by atoms with Crippen LogP contribution in [0.3, 0.4) is 0 Å². The zero-order chi connectivity index (χ0) is 25.1. The zero-order valence-electron chi connectivity index (χ0n) is 19.3. The molecule has 0 unspecified atom stereocenters. The van der Waals surface area contributed by atoms with Gasteiger partial charge in [0, 0.05) is 17.1 Å². The second kappa shape index (κ2) is 10.1. The van der Waals surface area contributed by atoms with Crippen molar-refractivity contribution in [2.24, 2.45) is 0 Å². The van der Waals surface area contributed by atoms with Crippen molar-refractivity contribution in [1.82, 2.24) is 4.98 Å². The molecule has 1 aromatic heterocycles. The van der Waals surface area contributed by atoms with E-state index in [0.29, 0.717) is 40.1 Å². The quantitative estimate of drug-likeness (QED) is 0.192. The Kier molecular flexibility index (Phi) is 6.51. The molecule has 4 aromatic rings. The largest absolute Gasteiger partial charge is 0.507 e. The molecule has 2 heterocycles. The SMILES string of the molecule is CCOc1ccc(/C(O)=C2\C(=O)C(=O)N(c3nccs3)[C@H]2c2cccc(Oc3ccccc3)c2)cc1. The van der Waals surface area contributed by atoms with Gasteiger partial charge in [-0.25, -0.2) is 4.98 Å². The lowest BCUT2D eigenvalue weighted by molar-refractivity contribution is -0.132. The van der Waals surface area contributed by atoms with Crippen molar-refractivity contribution in [1.29, 1.82) is 0 Å². The lowest BCUT2D eigenvalue weighted by Gasteiger charge is -2.23. The highest BCUT2D eigenvalue weighted by Crippen LogP contribution is 2.43. The summed E-state index contributed by atoms with van der Waals surface area (Å²) >= 11 is 1.24. The number of nitrogens with zero attached hydrogens (tertiary/aromatic N) is 2. The van der Waals surface area contributed by atoms with Crippen LogP contribution < -0.4 is 14.4 Å². The van der Waals surface area contributed by atoms with E-state index in [2.05, 4.69) is 4.98 Å². The number of ether oxygens (including phenoxy) is 2. The highest BCUT2D eigenvalue weighted by molar-refractivity contribution is 7.14. The molecule has 1 fully saturated rings. The molecule has 36 heavy (non-hydrogen) atoms. The van der Waals surface area contributed by atoms with Crippen LogP contribution in [0.1, 0.15) is 24.1 Å². The highest BCUT2D eigenvalue weighted by atomic mass is 32.1. The number of ketones is 1. The van der Waals surface area contributed by atoms with Crippen LogP contribution in [0.25, 0.3) is 5.76 Å². The van der Waals surface area contributed by atoms with Crippen LogP contribution in [-0.4, -0.2) is 28.4 Å². The van der Waals surface area contributed by atoms with E-state index in [9.17, 15) is 14.7 Å². The van der Waals surface area contributed by atoms with Gasteiger partial charge in [0.2, 0.25) is 0 Å². The van der Waals surface area contributed by atoms with Crippen molar-refractivity contribution in [3.63, 3.8) is 0 Å². The maximum absolute atomic E-state index is 13.3. The normalized spacial score (nSPS) is 16.8. The first-order valence-electron chi connectivity index (χ1n) is 11.3. The predicted octanol–water partition coefficient (Wildman–Crippen LogP) is 5.96. The van der Waals surface area contributed by atoms with E-state index in [1.54, 1.807) is 60.1 Å². The molecule has 5 rings (SSSR count). The molecule has 1 atom stereocenters. The van der Waals surface area contributed by atoms with E-state index in [1.807, 2.05) is 37.3 Å². The molecule has 1 amide bonds. The number of hydrogen-bond acceptors (Lipinski definition) is 7. The Hall–Kier alpha value is -4.43. The topological polar surface area (TPSA) is 89.0 Å². The summed E-state index contributed by atoms with van der Waals surface area (Å²) in [5, 5.41) is 13.4. The Morgan fingerprint density at radius 3 is 2.42 bits per heavy atom. The fraction of sp³-hybridized carbons (Fsp3) is 0.107. The zero-order valence-corrected chi connectivity index (χ0v) is 20.1. The van der Waals surface area contributed by atoms with Crippen LogP contribution in [0.4, 0.5) is 5.13 Å². The van der Waals surface area contributed by atoms with Gasteiger partial charge in [0.25, 0.3) is 5.78 Å². The van der Waals surface area contributed by atoms with E-state index in [4.69, 9.17) is 9.47 Å². The van der Waals surface area contributed by atoms with E-state index in [1.165, 1.54) is 16.2 Å². The maximum atomic E-state index is 13.3. The number of benzene rings is 3. The van der Waals surface area contributed by atoms with Gasteiger partial charge in [-0.15, -0.1) is 11.3 Å². The van der Waals surface area contributed by atoms with E-state index in [0.717, 1.165) is 0 Å². The number of aliphatic hydroxyl groups is 1. The van der Waals surface area contributed by atoms with Gasteiger partial charge in [0.05, 0.1) is 18.2 Å². The van der Waals surface area contributed by atoms with Gasteiger partial charge in [-0.3, -0.25) is 14.5 Å². The van der Waals surface area contributed by atoms with Crippen LogP contribution in [0, 0.1) is 0 Å². The molecule has 1 aliphatic heterocycles. The van der Waals surface area contributed by atoms with Gasteiger partial charge < -0.3 is 14.6 Å². The summed E-state index contributed by atoms with van der Waals surface area (Å²) in [4.78, 5) is 32.1. The second-order valence-corrected chi connectivity index (χ2v) is 8.80. The number of Topliss-reactive ketones (excluding diaryl/α,β-unsaturated/α-hetero) is 1. The number of carbonyl (C=O) groups is 2. The van der Waals surface area contributed by atoms with Gasteiger partial charge in [-0.05, 0) is 61.0 Å². The Morgan fingerprint density at radius 2 is 1.72 bits per heavy atom. The van der Waals surface area contributed by atoms with Crippen LogP contribution in [-0.2, 0) is 9.59 Å². The molecule has 0 aliphatic carbocycles. The fourth-order valence-corrected chi connectivity index (χ4v) is 4.75. The van der Waals surface area contributed by atoms with E-state index >= 15 is 0 Å². The molecule has 1 N–H and O–H groups in total. The highest BCUT2D eigenvalue weighted by Gasteiger charge is 2.48. The Bertz CT molecular complexity index is 1420. The van der Waals surface area contributed by atoms with Gasteiger partial charge in [-0.2, -0.15) is 0 Å². The lowest BCUT2D eigenvalue weighted by Crippen LogP contribution is -2.29. The Labute approximate surface area is 211 Å². The molecule has 8 heteroatoms. The van der Waals surface area contributed by atoms with Gasteiger partial charge >= 0.3 is 5.91 Å². The smallest absolute Gasteiger partial charge is 0.301 e. The molecule has 0 radical (unpaired) electrons. The van der Waals surface area contributed by atoms with E-state index in [-0.39, 0.29) is 11.3 Å². The first-order chi connectivity index (χ1) is 17.6. The minimum absolute atomic E-state index is 0.0174. The molecule has 3 aromatic carbocycles. The average molecular weight is 499 g/mol. The first kappa shape index (κ1) is 23.3. The first-order valence-corrected chi connectivity index (χ1v) is 12.2. The number of para-hydroxylation sites is 1. The molecular weight excluding hydrogens is 476 g/mol. The summed E-state index contributed by atoms with van der Waals surface area (Å²) in [6.07, 6.45) is 1.57. The predicted molar refractivity (Wildman–Crippen MR) is 137 cm³/mol. The van der Waals surface area contributed by atoms with Crippen molar-refractivity contribution in [3.8, 4) is 17.2 Å². The Balaban J connectivity index is 1.61. The fourth-order valence-electron chi connectivity index (χ4n) is 4.08. The summed E-state index contributed by atoms with van der Waals surface area (Å²) in [6.45, 7) is 2.38. The number of anilines is 1. The minimum atomic E-state index is -0.887. The second-order valence-electron chi connectivity index (χ2n) is 7.93. The number of carbonyl (C=O) groups excluding carboxylic acids is 2. The van der Waals surface area contributed by atoms with Crippen molar-refractivity contribution in [2.75, 3.05) is 11.5 Å². The molecule has 0 saturated carbocycles. The molecule has 7 nitrogen and oxygen atoms in total. The number of hydrogen-bond donors (Lipinski definition) is 1. The van der Waals surface area contributed by atoms with Crippen molar-refractivity contribution in [3.05, 3.63) is 107 Å². The lowest BCUT2D eigenvalue weighted by atomic mass is 9.95. The third-order valence-corrected chi connectivity index (χ3v) is 6.43. The summed E-state index contributed by atoms with van der Waals surface area (Å²) in [7, 11) is 0. The molecule has 0 spiro atoms. The number of aromatic nitrogens is 1. The van der Waals surface area contributed by atoms with Crippen molar-refractivity contribution >= 4 is 33.9 Å². The van der Waals surface area contributed by atoms with Crippen LogP contribution in [0.2, 0.25) is 0 Å². The molecular formula is C28H22N2O5S. The van der Waals surface area contributed by atoms with Gasteiger partial charge in [0.15, 0.2) is 5.13 Å². The monoisotopic (exact) mass is 498 g/mol. The van der Waals surface area contributed by atoms with Crippen LogP contribution in [0.15, 0.2) is 96.0 Å². The van der Waals surface area contributed by atoms with Crippen LogP contribution in [0.5, 0.6) is 17.2 Å². The molecule has 1 saturated heterocycles. The van der Waals surface area contributed by atoms with Gasteiger partial charge in [0.1, 0.15) is 23.0 Å². The Morgan fingerprint density at radius 1 is 0.972 bits per heavy atom. The molecule has 180 valence electrons. The van der Waals surface area contributed by atoms with Gasteiger partial charge in [-0.1, -0.05) is 30.3 Å². The maximum Gasteiger partial charge on any atom is 0.301 e. The minimum Gasteiger partial charge on any atom is -0.507 e. The summed E-state index contributed by atoms with van der Waals surface area (Å²) < 4.78 is 11.5. The third kappa shape index (κ3) is 4.46. The standard InChI is InChI=1S/C28H22N2O5S/c1-2-34-20-13-11-18(12-14-20)25(31)23-24(30(27(33)26(23)32)28-29-15-16-36-28)19-7-6-10-22(17-19)35-21-8-4-3-5-9-21/h3-17,24,31H,2H2,1H3/b25-23+/t24-/m0/s1. The summed E-state index contributed by atoms with van der Waals surface area (Å²) in [5.41, 5.74) is 0.985. The summed E-state index contributed by atoms with van der Waals surface area (Å²) in [6, 6.07) is 22.3. The molecule has 1 aliphatic rings. The number of aliphatic hydroxyl groups excluding tert-OH is 1. The number of amides is 1. The van der Waals surface area contributed by atoms with Crippen molar-refractivity contribution in [2.45, 2.75) is 13.0 Å². The third-order valence-electron chi connectivity index (χ3n) is 5.66. The molecule has 0 bridgehead atoms. The number of rotatable bonds is 7. The van der Waals surface area contributed by atoms with Crippen LogP contribution >= 0.6 is 11.3 Å². The van der Waals surface area contributed by atoms with E-state index < -0.39 is 17.7 Å². The summed E-state index contributed by atoms with van der Waals surface area (Å²) in [5.74, 6) is 0.0183. The number of thiazole rings is 1. The average Bonchev–Trinajstić information content (AvgIpc) is 3.52.